The molecule has 5 nitrogen and oxygen atoms in total. The number of ether oxygens (including phenoxy) is 1. The van der Waals surface area contributed by atoms with Crippen LogP contribution in [-0.4, -0.2) is 63.3 Å². The lowest BCUT2D eigenvalue weighted by molar-refractivity contribution is -0.120. The molecule has 5 heteroatoms. The summed E-state index contributed by atoms with van der Waals surface area (Å²) >= 11 is 0. The predicted molar refractivity (Wildman–Crippen MR) is 63.4 cm³/mol. The summed E-state index contributed by atoms with van der Waals surface area (Å²) in [6, 6.07) is 0. The van der Waals surface area contributed by atoms with Crippen LogP contribution in [0.15, 0.2) is 0 Å². The molecule has 0 spiro atoms. The zero-order chi connectivity index (χ0) is 11.6. The summed E-state index contributed by atoms with van der Waals surface area (Å²) in [7, 11) is 0. The SMILES string of the molecule is CCCNCC(=O)NCCN1CCOCC1. The Balaban J connectivity index is 1.94. The summed E-state index contributed by atoms with van der Waals surface area (Å²) in [5.74, 6) is 0.0849. The molecule has 1 aliphatic heterocycles. The van der Waals surface area contributed by atoms with E-state index < -0.39 is 0 Å². The van der Waals surface area contributed by atoms with Crippen molar-refractivity contribution in [1.82, 2.24) is 15.5 Å². The van der Waals surface area contributed by atoms with Gasteiger partial charge in [0.25, 0.3) is 0 Å². The fraction of sp³-hybridized carbons (Fsp3) is 0.909. The molecule has 0 aromatic carbocycles. The molecule has 0 bridgehead atoms. The molecule has 1 heterocycles. The Morgan fingerprint density at radius 1 is 1.31 bits per heavy atom. The summed E-state index contributed by atoms with van der Waals surface area (Å²) in [6.45, 7) is 8.64. The first-order valence-electron chi connectivity index (χ1n) is 6.10. The number of morpholine rings is 1. The third-order valence-corrected chi connectivity index (χ3v) is 2.57. The van der Waals surface area contributed by atoms with Crippen molar-refractivity contribution in [2.45, 2.75) is 13.3 Å². The predicted octanol–water partition coefficient (Wildman–Crippen LogP) is -0.566. The van der Waals surface area contributed by atoms with E-state index in [9.17, 15) is 4.79 Å². The van der Waals surface area contributed by atoms with E-state index in [2.05, 4.69) is 22.5 Å². The van der Waals surface area contributed by atoms with Crippen molar-refractivity contribution in [1.29, 1.82) is 0 Å². The molecule has 1 aliphatic rings. The van der Waals surface area contributed by atoms with Crippen LogP contribution in [0.25, 0.3) is 0 Å². The number of hydrogen-bond acceptors (Lipinski definition) is 4. The van der Waals surface area contributed by atoms with Crippen molar-refractivity contribution < 1.29 is 9.53 Å². The van der Waals surface area contributed by atoms with Gasteiger partial charge in [-0.05, 0) is 13.0 Å². The van der Waals surface area contributed by atoms with Crippen LogP contribution in [0.2, 0.25) is 0 Å². The smallest absolute Gasteiger partial charge is 0.234 e. The first-order valence-corrected chi connectivity index (χ1v) is 6.10. The average Bonchev–Trinajstić information content (AvgIpc) is 2.31. The Morgan fingerprint density at radius 2 is 2.06 bits per heavy atom. The van der Waals surface area contributed by atoms with Gasteiger partial charge in [-0.1, -0.05) is 6.92 Å². The highest BCUT2D eigenvalue weighted by atomic mass is 16.5. The molecule has 0 unspecified atom stereocenters. The Hall–Kier alpha value is -0.650. The van der Waals surface area contributed by atoms with Gasteiger partial charge >= 0.3 is 0 Å². The standard InChI is InChI=1S/C11H23N3O2/c1-2-3-12-10-11(15)13-4-5-14-6-8-16-9-7-14/h12H,2-10H2,1H3,(H,13,15). The highest BCUT2D eigenvalue weighted by molar-refractivity contribution is 5.77. The second kappa shape index (κ2) is 8.50. The van der Waals surface area contributed by atoms with Crippen LogP contribution in [0.3, 0.4) is 0 Å². The lowest BCUT2D eigenvalue weighted by atomic mass is 10.4. The molecule has 1 saturated heterocycles. The Morgan fingerprint density at radius 3 is 2.75 bits per heavy atom. The van der Waals surface area contributed by atoms with Crippen LogP contribution in [0, 0.1) is 0 Å². The summed E-state index contributed by atoms with van der Waals surface area (Å²) in [6.07, 6.45) is 1.06. The molecule has 2 N–H and O–H groups in total. The minimum atomic E-state index is 0.0849. The quantitative estimate of drug-likeness (QED) is 0.574. The lowest BCUT2D eigenvalue weighted by Gasteiger charge is -2.26. The topological polar surface area (TPSA) is 53.6 Å². The first kappa shape index (κ1) is 13.4. The van der Waals surface area contributed by atoms with Crippen LogP contribution >= 0.6 is 0 Å². The fourth-order valence-electron chi connectivity index (χ4n) is 1.62. The van der Waals surface area contributed by atoms with Crippen molar-refractivity contribution >= 4 is 5.91 Å². The molecule has 16 heavy (non-hydrogen) atoms. The van der Waals surface area contributed by atoms with Gasteiger partial charge in [-0.15, -0.1) is 0 Å². The maximum Gasteiger partial charge on any atom is 0.234 e. The zero-order valence-electron chi connectivity index (χ0n) is 10.1. The number of carbonyl (C=O) groups is 1. The second-order valence-corrected chi connectivity index (χ2v) is 3.98. The molecule has 94 valence electrons. The van der Waals surface area contributed by atoms with Gasteiger partial charge in [0.2, 0.25) is 5.91 Å². The van der Waals surface area contributed by atoms with Crippen molar-refractivity contribution in [3.05, 3.63) is 0 Å². The van der Waals surface area contributed by atoms with E-state index in [-0.39, 0.29) is 5.91 Å². The molecule has 1 amide bonds. The van der Waals surface area contributed by atoms with Gasteiger partial charge in [-0.2, -0.15) is 0 Å². The van der Waals surface area contributed by atoms with E-state index in [0.717, 1.165) is 52.4 Å². The monoisotopic (exact) mass is 229 g/mol. The van der Waals surface area contributed by atoms with Crippen molar-refractivity contribution in [3.63, 3.8) is 0 Å². The molecule has 0 aromatic heterocycles. The normalized spacial score (nSPS) is 17.3. The van der Waals surface area contributed by atoms with Gasteiger partial charge in [0.1, 0.15) is 0 Å². The van der Waals surface area contributed by atoms with Crippen molar-refractivity contribution in [3.8, 4) is 0 Å². The molecule has 0 aliphatic carbocycles. The minimum absolute atomic E-state index is 0.0849. The van der Waals surface area contributed by atoms with Crippen LogP contribution < -0.4 is 10.6 Å². The van der Waals surface area contributed by atoms with E-state index in [4.69, 9.17) is 4.74 Å². The summed E-state index contributed by atoms with van der Waals surface area (Å²) in [5.41, 5.74) is 0. The molecular formula is C11H23N3O2. The van der Waals surface area contributed by atoms with E-state index in [0.29, 0.717) is 6.54 Å². The number of amides is 1. The molecule has 0 radical (unpaired) electrons. The molecule has 0 aromatic rings. The molecule has 0 saturated carbocycles. The zero-order valence-corrected chi connectivity index (χ0v) is 10.1. The number of carbonyl (C=O) groups excluding carboxylic acids is 1. The Bertz CT molecular complexity index is 194. The molecule has 0 atom stereocenters. The third kappa shape index (κ3) is 6.05. The van der Waals surface area contributed by atoms with Crippen molar-refractivity contribution in [2.24, 2.45) is 0 Å². The van der Waals surface area contributed by atoms with E-state index in [1.165, 1.54) is 0 Å². The van der Waals surface area contributed by atoms with Crippen LogP contribution in [0.1, 0.15) is 13.3 Å². The largest absolute Gasteiger partial charge is 0.379 e. The average molecular weight is 229 g/mol. The van der Waals surface area contributed by atoms with Crippen LogP contribution in [0.4, 0.5) is 0 Å². The van der Waals surface area contributed by atoms with Gasteiger partial charge in [-0.25, -0.2) is 0 Å². The molecule has 1 rings (SSSR count). The summed E-state index contributed by atoms with van der Waals surface area (Å²) in [4.78, 5) is 13.7. The highest BCUT2D eigenvalue weighted by Gasteiger charge is 2.09. The molecule has 1 fully saturated rings. The minimum Gasteiger partial charge on any atom is -0.379 e. The second-order valence-electron chi connectivity index (χ2n) is 3.98. The van der Waals surface area contributed by atoms with Gasteiger partial charge in [0.05, 0.1) is 19.8 Å². The third-order valence-electron chi connectivity index (χ3n) is 2.57. The first-order chi connectivity index (χ1) is 7.83. The number of nitrogens with one attached hydrogen (secondary N) is 2. The lowest BCUT2D eigenvalue weighted by Crippen LogP contribution is -2.43. The van der Waals surface area contributed by atoms with Gasteiger partial charge in [-0.3, -0.25) is 9.69 Å². The maximum atomic E-state index is 11.3. The van der Waals surface area contributed by atoms with E-state index >= 15 is 0 Å². The summed E-state index contributed by atoms with van der Waals surface area (Å²) in [5, 5.41) is 5.98. The molecular weight excluding hydrogens is 206 g/mol. The Kier molecular flexibility index (Phi) is 7.12. The van der Waals surface area contributed by atoms with Crippen LogP contribution in [-0.2, 0) is 9.53 Å². The number of nitrogens with zero attached hydrogens (tertiary/aromatic N) is 1. The highest BCUT2D eigenvalue weighted by Crippen LogP contribution is 1.94. The van der Waals surface area contributed by atoms with Crippen molar-refractivity contribution in [2.75, 3.05) is 52.5 Å². The number of rotatable bonds is 7. The number of hydrogen-bond donors (Lipinski definition) is 2. The maximum absolute atomic E-state index is 11.3. The van der Waals surface area contributed by atoms with Gasteiger partial charge < -0.3 is 15.4 Å². The fourth-order valence-corrected chi connectivity index (χ4v) is 1.62. The Labute approximate surface area is 97.5 Å². The summed E-state index contributed by atoms with van der Waals surface area (Å²) < 4.78 is 5.25. The van der Waals surface area contributed by atoms with E-state index in [1.807, 2.05) is 0 Å². The van der Waals surface area contributed by atoms with Gasteiger partial charge in [0, 0.05) is 26.2 Å². The van der Waals surface area contributed by atoms with Crippen LogP contribution in [0.5, 0.6) is 0 Å². The van der Waals surface area contributed by atoms with Gasteiger partial charge in [0.15, 0.2) is 0 Å². The van der Waals surface area contributed by atoms with E-state index in [1.54, 1.807) is 0 Å².